The third-order valence-corrected chi connectivity index (χ3v) is 7.55. The lowest BCUT2D eigenvalue weighted by Gasteiger charge is -2.25. The number of amides is 1. The highest BCUT2D eigenvalue weighted by atomic mass is 32.2. The van der Waals surface area contributed by atoms with Crippen LogP contribution in [-0.4, -0.2) is 45.2 Å². The number of rotatable bonds is 7. The number of carbonyl (C=O) groups excluding carboxylic acids is 1. The second-order valence-corrected chi connectivity index (χ2v) is 9.97. The number of aliphatic hydroxyl groups excluding tert-OH is 1. The molecule has 3 aromatic rings. The first-order valence-electron chi connectivity index (χ1n) is 9.44. The molecule has 1 aromatic heterocycles. The molecule has 164 valence electrons. The van der Waals surface area contributed by atoms with E-state index in [4.69, 9.17) is 10.3 Å². The SMILES string of the molecule is CC(CCn1cnc2cc(-c3ccc(CO)cc3)ccc2c1=O)(C(=O)NO)S(C)(=O)=O. The molecule has 10 heteroatoms. The predicted octanol–water partition coefficient (Wildman–Crippen LogP) is 1.25. The minimum absolute atomic E-state index is 0.0442. The van der Waals surface area contributed by atoms with Crippen molar-refractivity contribution in [3.8, 4) is 11.1 Å². The molecule has 1 heterocycles. The van der Waals surface area contributed by atoms with Crippen LogP contribution in [0.4, 0.5) is 0 Å². The van der Waals surface area contributed by atoms with Crippen molar-refractivity contribution in [2.45, 2.75) is 31.2 Å². The van der Waals surface area contributed by atoms with Crippen LogP contribution in [0.3, 0.4) is 0 Å². The Bertz CT molecular complexity index is 1280. The van der Waals surface area contributed by atoms with Crippen molar-refractivity contribution in [1.29, 1.82) is 0 Å². The molecule has 1 amide bonds. The van der Waals surface area contributed by atoms with Crippen molar-refractivity contribution < 1.29 is 23.5 Å². The Morgan fingerprint density at radius 2 is 1.81 bits per heavy atom. The first-order chi connectivity index (χ1) is 14.6. The number of hydrogen-bond donors (Lipinski definition) is 3. The first kappa shape index (κ1) is 22.6. The smallest absolute Gasteiger partial charge is 0.264 e. The molecule has 1 unspecified atom stereocenters. The van der Waals surface area contributed by atoms with Gasteiger partial charge in [-0.2, -0.15) is 0 Å². The largest absolute Gasteiger partial charge is 0.392 e. The van der Waals surface area contributed by atoms with E-state index in [1.807, 2.05) is 24.3 Å². The van der Waals surface area contributed by atoms with E-state index in [1.54, 1.807) is 18.2 Å². The van der Waals surface area contributed by atoms with Crippen LogP contribution in [0.15, 0.2) is 53.6 Å². The summed E-state index contributed by atoms with van der Waals surface area (Å²) in [5, 5.41) is 18.4. The van der Waals surface area contributed by atoms with Gasteiger partial charge in [0.1, 0.15) is 0 Å². The Morgan fingerprint density at radius 1 is 1.16 bits per heavy atom. The first-order valence-corrected chi connectivity index (χ1v) is 11.3. The van der Waals surface area contributed by atoms with Gasteiger partial charge in [-0.25, -0.2) is 18.9 Å². The maximum absolute atomic E-state index is 12.9. The molecule has 0 aliphatic heterocycles. The van der Waals surface area contributed by atoms with Crippen LogP contribution in [0.2, 0.25) is 0 Å². The molecule has 3 rings (SSSR count). The maximum atomic E-state index is 12.9. The van der Waals surface area contributed by atoms with Crippen LogP contribution in [0.25, 0.3) is 22.0 Å². The van der Waals surface area contributed by atoms with Crippen molar-refractivity contribution in [2.24, 2.45) is 0 Å². The van der Waals surface area contributed by atoms with Gasteiger partial charge in [0.05, 0.1) is 23.8 Å². The quantitative estimate of drug-likeness (QED) is 0.367. The Hall–Kier alpha value is -3.08. The van der Waals surface area contributed by atoms with Gasteiger partial charge in [-0.1, -0.05) is 30.3 Å². The fourth-order valence-electron chi connectivity index (χ4n) is 3.22. The summed E-state index contributed by atoms with van der Waals surface area (Å²) in [6.45, 7) is 1.07. The number of hydrogen-bond acceptors (Lipinski definition) is 7. The second-order valence-electron chi connectivity index (χ2n) is 7.52. The number of fused-ring (bicyclic) bond motifs is 1. The van der Waals surface area contributed by atoms with E-state index in [1.165, 1.54) is 23.3 Å². The highest BCUT2D eigenvalue weighted by Crippen LogP contribution is 2.24. The van der Waals surface area contributed by atoms with Gasteiger partial charge in [-0.05, 0) is 42.2 Å². The van der Waals surface area contributed by atoms with Crippen molar-refractivity contribution in [3.63, 3.8) is 0 Å². The lowest BCUT2D eigenvalue weighted by atomic mass is 10.0. The lowest BCUT2D eigenvalue weighted by molar-refractivity contribution is -0.131. The molecule has 9 nitrogen and oxygen atoms in total. The van der Waals surface area contributed by atoms with Crippen LogP contribution in [0.1, 0.15) is 18.9 Å². The minimum atomic E-state index is -3.87. The number of sulfone groups is 1. The summed E-state index contributed by atoms with van der Waals surface area (Å²) in [4.78, 5) is 29.1. The number of aromatic nitrogens is 2. The molecule has 0 fully saturated rings. The Morgan fingerprint density at radius 3 is 2.39 bits per heavy atom. The van der Waals surface area contributed by atoms with E-state index in [-0.39, 0.29) is 25.1 Å². The van der Waals surface area contributed by atoms with Gasteiger partial charge in [0, 0.05) is 12.8 Å². The fourth-order valence-corrected chi connectivity index (χ4v) is 4.06. The molecule has 2 aromatic carbocycles. The number of benzene rings is 2. The minimum Gasteiger partial charge on any atom is -0.392 e. The van der Waals surface area contributed by atoms with Crippen molar-refractivity contribution in [2.75, 3.05) is 6.26 Å². The van der Waals surface area contributed by atoms with Crippen LogP contribution < -0.4 is 11.0 Å². The van der Waals surface area contributed by atoms with E-state index in [9.17, 15) is 18.0 Å². The van der Waals surface area contributed by atoms with Crippen LogP contribution in [0, 0.1) is 0 Å². The van der Waals surface area contributed by atoms with Gasteiger partial charge in [0.2, 0.25) is 0 Å². The normalized spacial score (nSPS) is 13.7. The van der Waals surface area contributed by atoms with E-state index in [0.717, 1.165) is 22.9 Å². The third-order valence-electron chi connectivity index (χ3n) is 5.53. The lowest BCUT2D eigenvalue weighted by Crippen LogP contribution is -2.50. The zero-order valence-electron chi connectivity index (χ0n) is 17.1. The van der Waals surface area contributed by atoms with Gasteiger partial charge in [-0.3, -0.25) is 19.4 Å². The number of aliphatic hydroxyl groups is 1. The van der Waals surface area contributed by atoms with Crippen molar-refractivity contribution in [3.05, 3.63) is 64.7 Å². The highest BCUT2D eigenvalue weighted by molar-refractivity contribution is 7.92. The summed E-state index contributed by atoms with van der Waals surface area (Å²) in [5.74, 6) is -1.06. The molecular weight excluding hydrogens is 422 g/mol. The third kappa shape index (κ3) is 4.36. The van der Waals surface area contributed by atoms with E-state index >= 15 is 0 Å². The number of carbonyl (C=O) groups is 1. The van der Waals surface area contributed by atoms with Gasteiger partial charge in [0.15, 0.2) is 14.6 Å². The summed E-state index contributed by atoms with van der Waals surface area (Å²) >= 11 is 0. The average Bonchev–Trinajstić information content (AvgIpc) is 2.76. The summed E-state index contributed by atoms with van der Waals surface area (Å²) in [6, 6.07) is 12.6. The predicted molar refractivity (Wildman–Crippen MR) is 115 cm³/mol. The van der Waals surface area contributed by atoms with Crippen molar-refractivity contribution in [1.82, 2.24) is 15.0 Å². The van der Waals surface area contributed by atoms with E-state index in [2.05, 4.69) is 4.98 Å². The monoisotopic (exact) mass is 445 g/mol. The van der Waals surface area contributed by atoms with Gasteiger partial charge >= 0.3 is 0 Å². The van der Waals surface area contributed by atoms with Crippen LogP contribution in [-0.2, 0) is 27.8 Å². The fraction of sp³-hybridized carbons (Fsp3) is 0.286. The average molecular weight is 445 g/mol. The molecule has 0 aliphatic carbocycles. The van der Waals surface area contributed by atoms with Gasteiger partial charge < -0.3 is 5.11 Å². The molecular formula is C21H23N3O6S. The summed E-state index contributed by atoms with van der Waals surface area (Å²) in [7, 11) is -3.87. The Labute approximate surface area is 178 Å². The molecule has 0 bridgehead atoms. The second kappa shape index (κ2) is 8.58. The van der Waals surface area contributed by atoms with E-state index < -0.39 is 20.5 Å². The van der Waals surface area contributed by atoms with Gasteiger partial charge in [-0.15, -0.1) is 0 Å². The Kier molecular flexibility index (Phi) is 6.25. The van der Waals surface area contributed by atoms with Gasteiger partial charge in [0.25, 0.3) is 11.5 Å². The van der Waals surface area contributed by atoms with Crippen molar-refractivity contribution >= 4 is 26.6 Å². The van der Waals surface area contributed by atoms with Crippen LogP contribution in [0.5, 0.6) is 0 Å². The topological polar surface area (TPSA) is 139 Å². The van der Waals surface area contributed by atoms with E-state index in [0.29, 0.717) is 10.9 Å². The molecule has 31 heavy (non-hydrogen) atoms. The molecule has 0 radical (unpaired) electrons. The number of nitrogens with zero attached hydrogens (tertiary/aromatic N) is 2. The zero-order chi connectivity index (χ0) is 22.8. The molecule has 0 aliphatic rings. The summed E-state index contributed by atoms with van der Waals surface area (Å²) < 4.78 is 23.5. The molecule has 0 saturated heterocycles. The van der Waals surface area contributed by atoms with Crippen LogP contribution >= 0.6 is 0 Å². The highest BCUT2D eigenvalue weighted by Gasteiger charge is 2.43. The number of aryl methyl sites for hydroxylation is 1. The zero-order valence-corrected chi connectivity index (χ0v) is 17.9. The number of nitrogens with one attached hydrogen (secondary N) is 1. The maximum Gasteiger partial charge on any atom is 0.264 e. The standard InChI is InChI=1S/C21H23N3O6S/c1-21(20(27)23-28,31(2,29)30)9-10-24-13-22-18-11-16(7-8-17(18)19(24)26)15-5-3-14(12-25)4-6-15/h3-8,11,13,25,28H,9-10,12H2,1-2H3,(H,23,27). The molecule has 0 saturated carbocycles. The molecule has 0 spiro atoms. The number of hydroxylamine groups is 1. The molecule has 3 N–H and O–H groups in total. The Balaban J connectivity index is 1.92. The molecule has 1 atom stereocenters. The summed E-state index contributed by atoms with van der Waals surface area (Å²) in [5.41, 5.74) is 4.05. The summed E-state index contributed by atoms with van der Waals surface area (Å²) in [6.07, 6.45) is 1.99.